The van der Waals surface area contributed by atoms with Crippen LogP contribution in [0, 0.1) is 0 Å². The molecule has 0 unspecified atom stereocenters. The van der Waals surface area contributed by atoms with Crippen molar-refractivity contribution in [3.63, 3.8) is 0 Å². The van der Waals surface area contributed by atoms with Crippen molar-refractivity contribution in [1.82, 2.24) is 5.16 Å². The van der Waals surface area contributed by atoms with Gasteiger partial charge in [0.25, 0.3) is 0 Å². The third-order valence-corrected chi connectivity index (χ3v) is 8.17. The summed E-state index contributed by atoms with van der Waals surface area (Å²) in [7, 11) is -4.15. The molecule has 0 aliphatic heterocycles. The number of carbonyl (C=O) groups is 1. The summed E-state index contributed by atoms with van der Waals surface area (Å²) in [6.07, 6.45) is -1.95. The second-order valence-corrected chi connectivity index (χ2v) is 10.7. The molecule has 1 amide bonds. The molecule has 0 bridgehead atoms. The Kier molecular flexibility index (Phi) is 7.04. The average Bonchev–Trinajstić information content (AvgIpc) is 3.10. The number of nitrogens with one attached hydrogen (secondary N) is 1. The monoisotopic (exact) mass is 440 g/mol. The van der Waals surface area contributed by atoms with Crippen LogP contribution in [0.4, 0.5) is 19.1 Å². The number of aromatic nitrogens is 1. The number of hydrogen-bond acceptors (Lipinski definition) is 6. The van der Waals surface area contributed by atoms with Crippen molar-refractivity contribution >= 4 is 21.6 Å². The molecular formula is C18H27F3N2O5S. The normalized spacial score (nSPS) is 17.9. The number of amides is 1. The lowest BCUT2D eigenvalue weighted by atomic mass is 9.72. The molecule has 1 aliphatic carbocycles. The van der Waals surface area contributed by atoms with Crippen LogP contribution in [0.1, 0.15) is 64.5 Å². The molecule has 2 rings (SSSR count). The minimum absolute atomic E-state index is 0.0676. The highest BCUT2D eigenvalue weighted by Gasteiger charge is 2.43. The molecule has 0 atom stereocenters. The van der Waals surface area contributed by atoms with Gasteiger partial charge in [0, 0.05) is 17.9 Å². The summed E-state index contributed by atoms with van der Waals surface area (Å²) in [5.41, 5.74) is -0.0648. The van der Waals surface area contributed by atoms with Gasteiger partial charge in [-0.25, -0.2) is 8.42 Å². The zero-order chi connectivity index (χ0) is 21.9. The lowest BCUT2D eigenvalue weighted by Gasteiger charge is -2.33. The predicted molar refractivity (Wildman–Crippen MR) is 100 cm³/mol. The molecule has 1 aliphatic rings. The zero-order valence-corrected chi connectivity index (χ0v) is 17.3. The number of rotatable bonds is 8. The van der Waals surface area contributed by atoms with E-state index in [4.69, 9.17) is 4.52 Å². The molecule has 11 heteroatoms. The quantitative estimate of drug-likeness (QED) is 0.642. The lowest BCUT2D eigenvalue weighted by Crippen LogP contribution is -2.45. The first kappa shape index (κ1) is 23.7. The van der Waals surface area contributed by atoms with Crippen molar-refractivity contribution in [2.75, 3.05) is 17.7 Å². The lowest BCUT2D eigenvalue weighted by molar-refractivity contribution is -0.134. The smallest absolute Gasteiger partial charge is 0.389 e. The van der Waals surface area contributed by atoms with Gasteiger partial charge in [0.2, 0.25) is 11.8 Å². The van der Waals surface area contributed by atoms with Gasteiger partial charge in [0.15, 0.2) is 9.84 Å². The van der Waals surface area contributed by atoms with Crippen LogP contribution < -0.4 is 5.32 Å². The zero-order valence-electron chi connectivity index (χ0n) is 16.5. The molecule has 7 nitrogen and oxygen atoms in total. The van der Waals surface area contributed by atoms with Crippen LogP contribution in [-0.4, -0.2) is 47.9 Å². The van der Waals surface area contributed by atoms with Crippen molar-refractivity contribution in [3.8, 4) is 0 Å². The van der Waals surface area contributed by atoms with Gasteiger partial charge in [0.1, 0.15) is 4.75 Å². The highest BCUT2D eigenvalue weighted by atomic mass is 32.2. The van der Waals surface area contributed by atoms with E-state index in [-0.39, 0.29) is 12.5 Å². The summed E-state index contributed by atoms with van der Waals surface area (Å²) in [6, 6.07) is 1.46. The largest absolute Gasteiger partial charge is 0.395 e. The molecule has 166 valence electrons. The summed E-state index contributed by atoms with van der Waals surface area (Å²) in [6.45, 7) is 2.16. The maximum absolute atomic E-state index is 12.5. The van der Waals surface area contributed by atoms with E-state index in [0.717, 1.165) is 46.0 Å². The van der Waals surface area contributed by atoms with Crippen LogP contribution >= 0.6 is 0 Å². The van der Waals surface area contributed by atoms with Crippen LogP contribution in [0.15, 0.2) is 10.6 Å². The third-order valence-electron chi connectivity index (χ3n) is 5.60. The fourth-order valence-electron chi connectivity index (χ4n) is 3.43. The summed E-state index contributed by atoms with van der Waals surface area (Å²) >= 11 is 0. The molecule has 29 heavy (non-hydrogen) atoms. The van der Waals surface area contributed by atoms with Crippen molar-refractivity contribution in [2.45, 2.75) is 75.1 Å². The fraction of sp³-hybridized carbons (Fsp3) is 0.778. The van der Waals surface area contributed by atoms with Gasteiger partial charge in [-0.15, -0.1) is 0 Å². The summed E-state index contributed by atoms with van der Waals surface area (Å²) < 4.78 is 64.8. The Balaban J connectivity index is 2.08. The molecule has 2 N–H and O–H groups in total. The first-order chi connectivity index (χ1) is 13.3. The Morgan fingerprint density at radius 1 is 1.28 bits per heavy atom. The molecule has 0 radical (unpaired) electrons. The van der Waals surface area contributed by atoms with Gasteiger partial charge >= 0.3 is 6.18 Å². The highest BCUT2D eigenvalue weighted by molar-refractivity contribution is 7.93. The van der Waals surface area contributed by atoms with Gasteiger partial charge in [-0.1, -0.05) is 24.4 Å². The molecule has 0 spiro atoms. The van der Waals surface area contributed by atoms with E-state index < -0.39 is 50.7 Å². The average molecular weight is 440 g/mol. The number of carbonyl (C=O) groups excluding carboxylic acids is 1. The minimum atomic E-state index is -4.46. The maximum Gasteiger partial charge on any atom is 0.389 e. The van der Waals surface area contributed by atoms with Gasteiger partial charge in [-0.2, -0.15) is 13.2 Å². The Morgan fingerprint density at radius 3 is 2.45 bits per heavy atom. The Hall–Kier alpha value is -1.62. The molecular weight excluding hydrogens is 413 g/mol. The van der Waals surface area contributed by atoms with E-state index in [2.05, 4.69) is 10.5 Å². The van der Waals surface area contributed by atoms with Crippen LogP contribution in [-0.2, 0) is 20.0 Å². The van der Waals surface area contributed by atoms with Crippen molar-refractivity contribution in [2.24, 2.45) is 0 Å². The first-order valence-electron chi connectivity index (χ1n) is 9.52. The highest BCUT2D eigenvalue weighted by Crippen LogP contribution is 2.39. The number of anilines is 1. The topological polar surface area (TPSA) is 110 Å². The third kappa shape index (κ3) is 5.50. The summed E-state index contributed by atoms with van der Waals surface area (Å²) in [5.74, 6) is -1.75. The Labute approximate surface area is 167 Å². The van der Waals surface area contributed by atoms with Crippen LogP contribution in [0.2, 0.25) is 0 Å². The van der Waals surface area contributed by atoms with E-state index in [1.54, 1.807) is 0 Å². The maximum atomic E-state index is 12.5. The van der Waals surface area contributed by atoms with Crippen molar-refractivity contribution < 1.29 is 36.0 Å². The fourth-order valence-corrected chi connectivity index (χ4v) is 4.80. The number of nitrogens with zero attached hydrogens (tertiary/aromatic N) is 1. The van der Waals surface area contributed by atoms with Gasteiger partial charge in [0.05, 0.1) is 18.1 Å². The molecule has 1 saturated carbocycles. The standard InChI is InChI=1S/C18H27F3N2O5S/c1-16(2,29(26,27)10-6-9-18(19,20)21)15(25)22-14-11-13(23-28-14)17(12-24)7-4-3-5-8-17/h11,24H,3-10,12H2,1-2H3,(H,22,25). The molecule has 0 saturated heterocycles. The Morgan fingerprint density at radius 2 is 1.90 bits per heavy atom. The number of hydrogen-bond donors (Lipinski definition) is 2. The van der Waals surface area contributed by atoms with Crippen LogP contribution in [0.25, 0.3) is 0 Å². The summed E-state index contributed by atoms with van der Waals surface area (Å²) in [4.78, 5) is 12.5. The molecule has 0 aromatic carbocycles. The van der Waals surface area contributed by atoms with Crippen molar-refractivity contribution in [1.29, 1.82) is 0 Å². The van der Waals surface area contributed by atoms with E-state index in [1.807, 2.05) is 0 Å². The molecule has 1 aromatic rings. The van der Waals surface area contributed by atoms with Crippen LogP contribution in [0.3, 0.4) is 0 Å². The van der Waals surface area contributed by atoms with E-state index >= 15 is 0 Å². The predicted octanol–water partition coefficient (Wildman–Crippen LogP) is 3.34. The van der Waals surface area contributed by atoms with Crippen LogP contribution in [0.5, 0.6) is 0 Å². The molecule has 1 fully saturated rings. The van der Waals surface area contributed by atoms with E-state index in [9.17, 15) is 31.5 Å². The first-order valence-corrected chi connectivity index (χ1v) is 11.2. The van der Waals surface area contributed by atoms with E-state index in [1.165, 1.54) is 6.07 Å². The minimum Gasteiger partial charge on any atom is -0.395 e. The van der Waals surface area contributed by atoms with Crippen molar-refractivity contribution in [3.05, 3.63) is 11.8 Å². The van der Waals surface area contributed by atoms with E-state index in [0.29, 0.717) is 5.69 Å². The second kappa shape index (κ2) is 8.63. The van der Waals surface area contributed by atoms with Gasteiger partial charge < -0.3 is 9.63 Å². The number of halogens is 3. The second-order valence-electron chi connectivity index (χ2n) is 8.08. The number of sulfone groups is 1. The number of alkyl halides is 3. The summed E-state index contributed by atoms with van der Waals surface area (Å²) in [5, 5.41) is 16.1. The number of aliphatic hydroxyl groups excluding tert-OH is 1. The van der Waals surface area contributed by atoms with Gasteiger partial charge in [-0.3, -0.25) is 10.1 Å². The molecule has 1 heterocycles. The number of aliphatic hydroxyl groups is 1. The Bertz CT molecular complexity index is 812. The van der Waals surface area contributed by atoms with Gasteiger partial charge in [-0.05, 0) is 33.1 Å². The SMILES string of the molecule is CC(C)(C(=O)Nc1cc(C2(CO)CCCCC2)no1)S(=O)(=O)CCCC(F)(F)F. The molecule has 1 aromatic heterocycles.